The number of rotatable bonds is 2. The van der Waals surface area contributed by atoms with Gasteiger partial charge in [0.2, 0.25) is 0 Å². The first-order valence-corrected chi connectivity index (χ1v) is 2.29. The minimum Gasteiger partial charge on any atom is -0.679 e. The van der Waals surface area contributed by atoms with E-state index in [-0.39, 0.29) is 20.4 Å². The predicted octanol–water partition coefficient (Wildman–Crippen LogP) is 1.90. The van der Waals surface area contributed by atoms with Crippen molar-refractivity contribution in [1.82, 2.24) is 0 Å². The average Bonchev–Trinajstić information content (AvgIpc) is 1.65. The topological polar surface area (TPSA) is 23.8 Å². The fourth-order valence-corrected chi connectivity index (χ4v) is 0.144. The summed E-state index contributed by atoms with van der Waals surface area (Å²) in [6.07, 6.45) is 1.03. The molecule has 47 valence electrons. The van der Waals surface area contributed by atoms with Crippen molar-refractivity contribution < 1.29 is 20.4 Å². The van der Waals surface area contributed by atoms with Gasteiger partial charge in [-0.05, 0) is 0 Å². The molecule has 1 radical (unpaired) electrons. The second kappa shape index (κ2) is 9.80. The molecule has 0 fully saturated rings. The summed E-state index contributed by atoms with van der Waals surface area (Å²) in [5.74, 6) is 0.352. The molecule has 3 heteroatoms. The summed E-state index contributed by atoms with van der Waals surface area (Å²) >= 11 is 0. The first-order chi connectivity index (χ1) is 2.81. The summed E-state index contributed by atoms with van der Waals surface area (Å²) in [4.78, 5) is 0. The van der Waals surface area contributed by atoms with Crippen molar-refractivity contribution in [3.63, 3.8) is 0 Å². The zero-order valence-corrected chi connectivity index (χ0v) is 14.4. The van der Waals surface area contributed by atoms with Crippen molar-refractivity contribution in [3.8, 4) is 0 Å². The van der Waals surface area contributed by atoms with Gasteiger partial charge in [0, 0.05) is 20.4 Å². The Morgan fingerprint density at radius 3 is 2.00 bits per heavy atom. The molecule has 0 spiro atoms. The maximum atomic E-state index is 6.75. The fraction of sp³-hybridized carbons (Fsp3) is 0.800. The molecule has 0 aromatic carbocycles. The molecule has 8 heavy (non-hydrogen) atoms. The van der Waals surface area contributed by atoms with Crippen LogP contribution >= 0.6 is 0 Å². The molecule has 1 nitrogen and oxygen atoms in total. The molecule has 0 amide bonds. The van der Waals surface area contributed by atoms with Gasteiger partial charge >= 0.3 is 0 Å². The van der Waals surface area contributed by atoms with E-state index in [1.165, 1.54) is 0 Å². The van der Waals surface area contributed by atoms with Gasteiger partial charge in [0.1, 0.15) is 0 Å². The Kier molecular flexibility index (Phi) is 19.2. The van der Waals surface area contributed by atoms with E-state index < -0.39 is 0 Å². The van der Waals surface area contributed by atoms with Crippen molar-refractivity contribution >= 4 is 0 Å². The molecule has 0 aromatic rings. The Balaban J connectivity index is -0.000000125. The summed E-state index contributed by atoms with van der Waals surface area (Å²) in [6, 6.07) is 0. The van der Waals surface area contributed by atoms with E-state index >= 15 is 0 Å². The molecule has 0 saturated heterocycles. The van der Waals surface area contributed by atoms with E-state index in [2.05, 4.69) is 6.92 Å². The number of hydrogen-bond donors (Lipinski definition) is 0. The minimum absolute atomic E-state index is 0. The van der Waals surface area contributed by atoms with Crippen LogP contribution in [0.15, 0.2) is 0 Å². The molecule has 1 N–H and O–H groups in total. The zero-order valence-electron chi connectivity index (χ0n) is 5.28. The smallest absolute Gasteiger partial charge is 0 e. The molecular weight excluding hydrogens is 527 g/mol. The van der Waals surface area contributed by atoms with Gasteiger partial charge in [-0.15, -0.1) is 0 Å². The molecule has 1 atom stereocenters. The van der Waals surface area contributed by atoms with Crippen LogP contribution in [0.2, 0.25) is 0 Å². The second-order valence-corrected chi connectivity index (χ2v) is 1.48. The van der Waals surface area contributed by atoms with E-state index in [4.69, 9.17) is 5.73 Å². The van der Waals surface area contributed by atoms with Gasteiger partial charge in [-0.3, -0.25) is 0 Å². The van der Waals surface area contributed by atoms with Crippen molar-refractivity contribution in [2.45, 2.75) is 13.3 Å². The third kappa shape index (κ3) is 9.16. The molecule has 0 aliphatic heterocycles. The third-order valence-corrected chi connectivity index (χ3v) is 0.866. The van der Waals surface area contributed by atoms with Crippen LogP contribution in [0.5, 0.6) is 0 Å². The average molecular weight is 538 g/mol. The van der Waals surface area contributed by atoms with Crippen LogP contribution in [0.1, 0.15) is 13.3 Å². The van der Waals surface area contributed by atoms with Gasteiger partial charge in [-0.25, -0.2) is 0 Å². The largest absolute Gasteiger partial charge is 0.679 e. The van der Waals surface area contributed by atoms with Gasteiger partial charge < -0.3 is 12.7 Å². The summed E-state index contributed by atoms with van der Waals surface area (Å²) in [6.45, 7) is 6.20. The van der Waals surface area contributed by atoms with Crippen molar-refractivity contribution in [2.75, 3.05) is 6.54 Å². The minimum atomic E-state index is 0. The number of nitrogens with one attached hydrogen (secondary N) is 1. The quantitative estimate of drug-likeness (QED) is 0.480. The maximum absolute atomic E-state index is 6.75. The Labute approximate surface area is 59.3 Å². The van der Waals surface area contributed by atoms with Crippen LogP contribution in [-0.4, -0.2) is 6.54 Å². The Hall–Kier alpha value is -0.378. The van der Waals surface area contributed by atoms with Crippen LogP contribution < -0.4 is 0 Å². The van der Waals surface area contributed by atoms with Crippen molar-refractivity contribution in [1.29, 1.82) is 0 Å². The predicted molar refractivity (Wildman–Crippen MR) is 28.3 cm³/mol. The Bertz CT molecular complexity index is 31.6. The van der Waals surface area contributed by atoms with Gasteiger partial charge in [0.25, 0.3) is 0 Å². The van der Waals surface area contributed by atoms with Gasteiger partial charge in [-0.2, -0.15) is 12.5 Å². The zero-order chi connectivity index (χ0) is 4.99. The molecule has 1 unspecified atom stereocenters. The second-order valence-electron chi connectivity index (χ2n) is 1.48. The summed E-state index contributed by atoms with van der Waals surface area (Å²) in [7, 11) is 0. The summed E-state index contributed by atoms with van der Waals surface area (Å²) < 4.78 is 0. The van der Waals surface area contributed by atoms with Crippen molar-refractivity contribution in [3.05, 3.63) is 12.7 Å². The van der Waals surface area contributed by atoms with E-state index in [0.717, 1.165) is 6.42 Å². The summed E-state index contributed by atoms with van der Waals surface area (Å²) in [5.41, 5.74) is 6.75. The number of hydrogen-bond acceptors (Lipinski definition) is 0. The molecule has 0 rings (SSSR count). The molecule has 0 aliphatic rings. The van der Waals surface area contributed by atoms with Gasteiger partial charge in [0.15, 0.2) is 0 Å². The van der Waals surface area contributed by atoms with Gasteiger partial charge in [-0.1, -0.05) is 13.3 Å². The van der Waals surface area contributed by atoms with E-state index in [1.807, 2.05) is 6.92 Å². The Morgan fingerprint density at radius 1 is 1.62 bits per heavy atom. The normalized spacial score (nSPS) is 10.9. The Morgan fingerprint density at radius 2 is 2.00 bits per heavy atom. The first-order valence-electron chi connectivity index (χ1n) is 2.29. The molecule has 0 saturated carbocycles. The standard InChI is InChI=1S/C5H11N.Re.Rf/c1-3-5(2)4-6;;/h5-6H,2-4H2,1H3;;/q-2;;. The summed E-state index contributed by atoms with van der Waals surface area (Å²) in [5, 5.41) is 0. The van der Waals surface area contributed by atoms with Crippen LogP contribution in [0, 0.1) is 12.8 Å². The maximum Gasteiger partial charge on any atom is 0 e. The van der Waals surface area contributed by atoms with Crippen LogP contribution in [-0.2, 0) is 20.4 Å². The fourth-order valence-electron chi connectivity index (χ4n) is 0.144. The SMILES string of the molecule is [CH2-]C(CC)C[NH-].[Re].[Rf]. The molecular formula is C5H11NReRf-2. The van der Waals surface area contributed by atoms with E-state index in [9.17, 15) is 0 Å². The van der Waals surface area contributed by atoms with Crippen molar-refractivity contribution in [2.24, 2.45) is 5.92 Å². The molecule has 0 aromatic heterocycles. The monoisotopic (exact) mass is 539 g/mol. The molecule has 0 aliphatic carbocycles. The van der Waals surface area contributed by atoms with Crippen LogP contribution in [0.4, 0.5) is 0 Å². The van der Waals surface area contributed by atoms with E-state index in [1.54, 1.807) is 0 Å². The first kappa shape index (κ1) is 15.6. The van der Waals surface area contributed by atoms with E-state index in [0.29, 0.717) is 12.5 Å². The van der Waals surface area contributed by atoms with Crippen LogP contribution in [0.3, 0.4) is 0 Å². The van der Waals surface area contributed by atoms with Crippen LogP contribution in [0.25, 0.3) is 5.73 Å². The molecule has 0 heterocycles. The third-order valence-electron chi connectivity index (χ3n) is 0.866. The molecule has 0 bridgehead atoms. The van der Waals surface area contributed by atoms with Gasteiger partial charge in [0.05, 0.1) is 0 Å².